The third-order valence-electron chi connectivity index (χ3n) is 4.63. The molecule has 2 aromatic heterocycles. The van der Waals surface area contributed by atoms with Crippen molar-refractivity contribution in [2.24, 2.45) is 0 Å². The summed E-state index contributed by atoms with van der Waals surface area (Å²) in [5.41, 5.74) is 7.31. The molecule has 0 unspecified atom stereocenters. The number of hydrogen-bond donors (Lipinski definition) is 1. The number of rotatable bonds is 8. The average Bonchev–Trinajstić information content (AvgIpc) is 2.65. The quantitative estimate of drug-likeness (QED) is 0.359. The molecule has 7 heteroatoms. The van der Waals surface area contributed by atoms with Crippen LogP contribution in [0.5, 0.6) is 0 Å². The fraction of sp³-hybridized carbons (Fsp3) is 0.304. The minimum atomic E-state index is 0. The predicted octanol–water partition coefficient (Wildman–Crippen LogP) is -1.48. The normalized spacial score (nSPS) is 9.87. The zero-order valence-electron chi connectivity index (χ0n) is 17.5. The number of nitrogens with one attached hydrogen (secondary N) is 1. The molecule has 0 spiro atoms. The molecule has 1 aromatic carbocycles. The number of halogens is 2. The van der Waals surface area contributed by atoms with Gasteiger partial charge in [-0.15, -0.1) is 0 Å². The van der Waals surface area contributed by atoms with E-state index < -0.39 is 0 Å². The number of nitrogens with zero attached hydrogens (tertiary/aromatic N) is 3. The standard InChI is InChI=1S/C23H28N4.2ClH.Rh/c1-18-14-19(2)23(20(3)15-18)26-12-13-27(16-21-8-4-6-10-24-21)17-22-9-5-7-11-25-22;;;/h4-11,14-15,26H,12-13,16-17H2,1-3H3;2*1H;/q;;;+2/p-2. The molecule has 0 aliphatic carbocycles. The Morgan fingerprint density at radius 2 is 1.30 bits per heavy atom. The topological polar surface area (TPSA) is 41.0 Å². The van der Waals surface area contributed by atoms with E-state index in [2.05, 4.69) is 65.2 Å². The molecular formula is C23H28Cl2N4Rh. The van der Waals surface area contributed by atoms with Gasteiger partial charge in [-0.1, -0.05) is 29.8 Å². The van der Waals surface area contributed by atoms with E-state index in [-0.39, 0.29) is 44.3 Å². The van der Waals surface area contributed by atoms with Crippen LogP contribution in [0.15, 0.2) is 60.9 Å². The van der Waals surface area contributed by atoms with E-state index in [1.165, 1.54) is 22.4 Å². The average molecular weight is 534 g/mol. The second-order valence-electron chi connectivity index (χ2n) is 7.05. The first-order valence-corrected chi connectivity index (χ1v) is 9.46. The van der Waals surface area contributed by atoms with Crippen LogP contribution in [0.25, 0.3) is 0 Å². The number of hydrogen-bond acceptors (Lipinski definition) is 4. The van der Waals surface area contributed by atoms with E-state index in [4.69, 9.17) is 0 Å². The fourth-order valence-corrected chi connectivity index (χ4v) is 3.45. The van der Waals surface area contributed by atoms with Crippen molar-refractivity contribution in [3.63, 3.8) is 0 Å². The Kier molecular flexibility index (Phi) is 13.7. The molecule has 0 fully saturated rings. The molecule has 30 heavy (non-hydrogen) atoms. The molecule has 0 aliphatic heterocycles. The van der Waals surface area contributed by atoms with Crippen molar-refractivity contribution in [3.8, 4) is 0 Å². The van der Waals surface area contributed by atoms with Crippen molar-refractivity contribution in [2.75, 3.05) is 18.4 Å². The van der Waals surface area contributed by atoms with Crippen molar-refractivity contribution in [2.45, 2.75) is 33.9 Å². The van der Waals surface area contributed by atoms with Gasteiger partial charge in [-0.25, -0.2) is 0 Å². The van der Waals surface area contributed by atoms with Crippen LogP contribution in [0.4, 0.5) is 5.69 Å². The smallest absolute Gasteiger partial charge is 1.00 e. The summed E-state index contributed by atoms with van der Waals surface area (Å²) < 4.78 is 0. The Balaban J connectivity index is 0.00000280. The molecule has 0 aliphatic rings. The van der Waals surface area contributed by atoms with Gasteiger partial charge in [0.05, 0.1) is 11.4 Å². The first kappa shape index (κ1) is 28.5. The van der Waals surface area contributed by atoms with Crippen LogP contribution in [0, 0.1) is 20.8 Å². The molecule has 163 valence electrons. The number of benzene rings is 1. The summed E-state index contributed by atoms with van der Waals surface area (Å²) in [5, 5.41) is 3.63. The molecular weight excluding hydrogens is 506 g/mol. The van der Waals surface area contributed by atoms with Crippen LogP contribution < -0.4 is 30.1 Å². The minimum absolute atomic E-state index is 0. The van der Waals surface area contributed by atoms with Crippen molar-refractivity contribution < 1.29 is 44.3 Å². The van der Waals surface area contributed by atoms with Crippen LogP contribution in [-0.4, -0.2) is 28.0 Å². The summed E-state index contributed by atoms with van der Waals surface area (Å²) in [6, 6.07) is 16.6. The van der Waals surface area contributed by atoms with Gasteiger partial charge in [-0.05, 0) is 56.2 Å². The SMILES string of the molecule is Cc1cc(C)c(NCCN(Cc2ccccn2)Cc2ccccn2)c(C)c1.[Cl-].[Cl-].[Rh+2]. The van der Waals surface area contributed by atoms with Crippen molar-refractivity contribution >= 4 is 5.69 Å². The molecule has 1 radical (unpaired) electrons. The van der Waals surface area contributed by atoms with Crippen molar-refractivity contribution in [3.05, 3.63) is 89.0 Å². The second kappa shape index (κ2) is 14.5. The van der Waals surface area contributed by atoms with Gasteiger partial charge < -0.3 is 30.1 Å². The van der Waals surface area contributed by atoms with Gasteiger partial charge in [0.25, 0.3) is 0 Å². The predicted molar refractivity (Wildman–Crippen MR) is 112 cm³/mol. The Bertz CT molecular complexity index is 799. The van der Waals surface area contributed by atoms with Crippen molar-refractivity contribution in [1.29, 1.82) is 0 Å². The molecule has 0 bridgehead atoms. The Hall–Kier alpha value is -1.52. The van der Waals surface area contributed by atoms with Gasteiger partial charge in [-0.2, -0.15) is 0 Å². The van der Waals surface area contributed by atoms with Gasteiger partial charge >= 0.3 is 19.5 Å². The van der Waals surface area contributed by atoms with E-state index in [1.54, 1.807) is 0 Å². The Labute approximate surface area is 205 Å². The molecule has 1 N–H and O–H groups in total. The zero-order chi connectivity index (χ0) is 19.1. The van der Waals surface area contributed by atoms with Gasteiger partial charge in [-0.3, -0.25) is 14.9 Å². The maximum absolute atomic E-state index is 4.48. The van der Waals surface area contributed by atoms with Crippen molar-refractivity contribution in [1.82, 2.24) is 14.9 Å². The van der Waals surface area contributed by atoms with E-state index in [0.29, 0.717) is 0 Å². The zero-order valence-corrected chi connectivity index (χ0v) is 20.7. The summed E-state index contributed by atoms with van der Waals surface area (Å²) in [6.45, 7) is 9.90. The summed E-state index contributed by atoms with van der Waals surface area (Å²) >= 11 is 0. The molecule has 0 amide bonds. The monoisotopic (exact) mass is 533 g/mol. The van der Waals surface area contributed by atoms with E-state index in [1.807, 2.05) is 36.7 Å². The van der Waals surface area contributed by atoms with Crippen LogP contribution in [0.3, 0.4) is 0 Å². The van der Waals surface area contributed by atoms with E-state index in [9.17, 15) is 0 Å². The second-order valence-corrected chi connectivity index (χ2v) is 7.05. The van der Waals surface area contributed by atoms with Gasteiger partial charge in [0.2, 0.25) is 0 Å². The van der Waals surface area contributed by atoms with Gasteiger partial charge in [0.1, 0.15) is 0 Å². The molecule has 4 nitrogen and oxygen atoms in total. The fourth-order valence-electron chi connectivity index (χ4n) is 3.45. The van der Waals surface area contributed by atoms with Gasteiger partial charge in [0.15, 0.2) is 0 Å². The van der Waals surface area contributed by atoms with Gasteiger partial charge in [0, 0.05) is 44.3 Å². The summed E-state index contributed by atoms with van der Waals surface area (Å²) in [6.07, 6.45) is 3.71. The van der Waals surface area contributed by atoms with Crippen LogP contribution in [-0.2, 0) is 32.6 Å². The molecule has 0 saturated heterocycles. The van der Waals surface area contributed by atoms with Crippen LogP contribution in [0.2, 0.25) is 0 Å². The first-order chi connectivity index (χ1) is 13.1. The number of aryl methyl sites for hydroxylation is 3. The van der Waals surface area contributed by atoms with Crippen LogP contribution >= 0.6 is 0 Å². The number of aromatic nitrogens is 2. The third kappa shape index (κ3) is 8.69. The molecule has 0 atom stereocenters. The summed E-state index contributed by atoms with van der Waals surface area (Å²) in [5.74, 6) is 0. The summed E-state index contributed by atoms with van der Waals surface area (Å²) in [4.78, 5) is 11.3. The molecule has 3 rings (SSSR count). The third-order valence-corrected chi connectivity index (χ3v) is 4.63. The maximum atomic E-state index is 4.48. The number of anilines is 1. The maximum Gasteiger partial charge on any atom is 2.00 e. The van der Waals surface area contributed by atoms with Crippen LogP contribution in [0.1, 0.15) is 28.1 Å². The minimum Gasteiger partial charge on any atom is -1.00 e. The van der Waals surface area contributed by atoms with E-state index >= 15 is 0 Å². The first-order valence-electron chi connectivity index (χ1n) is 9.46. The molecule has 3 aromatic rings. The number of pyridine rings is 2. The molecule has 0 saturated carbocycles. The molecule has 2 heterocycles. The largest absolute Gasteiger partial charge is 2.00 e. The summed E-state index contributed by atoms with van der Waals surface area (Å²) in [7, 11) is 0. The Morgan fingerprint density at radius 1 is 0.800 bits per heavy atom. The Morgan fingerprint density at radius 3 is 1.73 bits per heavy atom. The van der Waals surface area contributed by atoms with E-state index in [0.717, 1.165) is 37.6 Å².